The molecule has 0 aliphatic carbocycles. The summed E-state index contributed by atoms with van der Waals surface area (Å²) in [6, 6.07) is 17.8. The quantitative estimate of drug-likeness (QED) is 0.692. The predicted octanol–water partition coefficient (Wildman–Crippen LogP) is 4.26. The van der Waals surface area contributed by atoms with Crippen molar-refractivity contribution in [3.05, 3.63) is 76.5 Å². The van der Waals surface area contributed by atoms with E-state index in [1.54, 1.807) is 12.1 Å². The van der Waals surface area contributed by atoms with E-state index >= 15 is 0 Å². The standard InChI is InChI=1S/C23H22N4O/c1-15-4-9-20(16(2)10-15)21-11-22-23(28)26(13-17(3)27(22)25-21)14-19-7-5-18(12-24)6-8-19/h4-11,17H,13-14H2,1-3H3. The molecule has 1 atom stereocenters. The van der Waals surface area contributed by atoms with E-state index in [1.165, 1.54) is 5.56 Å². The van der Waals surface area contributed by atoms with Gasteiger partial charge in [-0.25, -0.2) is 0 Å². The van der Waals surface area contributed by atoms with Crippen LogP contribution in [0.4, 0.5) is 0 Å². The average molecular weight is 370 g/mol. The minimum atomic E-state index is -0.00836. The van der Waals surface area contributed by atoms with Crippen LogP contribution in [0, 0.1) is 25.2 Å². The summed E-state index contributed by atoms with van der Waals surface area (Å²) in [6.45, 7) is 7.37. The molecule has 0 spiro atoms. The van der Waals surface area contributed by atoms with Crippen molar-refractivity contribution in [3.63, 3.8) is 0 Å². The molecule has 0 fully saturated rings. The molecule has 1 unspecified atom stereocenters. The highest BCUT2D eigenvalue weighted by Crippen LogP contribution is 2.29. The maximum absolute atomic E-state index is 13.1. The lowest BCUT2D eigenvalue weighted by molar-refractivity contribution is 0.0651. The largest absolute Gasteiger partial charge is 0.331 e. The molecule has 0 saturated heterocycles. The van der Waals surface area contributed by atoms with Crippen LogP contribution < -0.4 is 0 Å². The summed E-state index contributed by atoms with van der Waals surface area (Å²) in [5.74, 6) is -0.00836. The molecule has 1 aromatic heterocycles. The van der Waals surface area contributed by atoms with Gasteiger partial charge in [0, 0.05) is 18.7 Å². The van der Waals surface area contributed by atoms with Gasteiger partial charge < -0.3 is 4.90 Å². The van der Waals surface area contributed by atoms with Gasteiger partial charge in [-0.15, -0.1) is 0 Å². The summed E-state index contributed by atoms with van der Waals surface area (Å²) < 4.78 is 1.85. The Morgan fingerprint density at radius 1 is 1.14 bits per heavy atom. The number of hydrogen-bond acceptors (Lipinski definition) is 3. The Hall–Kier alpha value is -3.39. The number of aryl methyl sites for hydroxylation is 2. The first-order valence-electron chi connectivity index (χ1n) is 9.42. The van der Waals surface area contributed by atoms with E-state index in [4.69, 9.17) is 10.4 Å². The number of aromatic nitrogens is 2. The molecule has 1 aliphatic heterocycles. The fourth-order valence-electron chi connectivity index (χ4n) is 3.81. The monoisotopic (exact) mass is 370 g/mol. The van der Waals surface area contributed by atoms with E-state index in [0.717, 1.165) is 22.4 Å². The number of benzene rings is 2. The molecule has 0 bridgehead atoms. The summed E-state index contributed by atoms with van der Waals surface area (Å²) in [7, 11) is 0. The number of amides is 1. The lowest BCUT2D eigenvalue weighted by atomic mass is 10.0. The van der Waals surface area contributed by atoms with Gasteiger partial charge in [-0.1, -0.05) is 35.9 Å². The average Bonchev–Trinajstić information content (AvgIpc) is 3.12. The molecule has 1 aliphatic rings. The molecule has 3 aromatic rings. The highest BCUT2D eigenvalue weighted by Gasteiger charge is 2.31. The summed E-state index contributed by atoms with van der Waals surface area (Å²) in [6.07, 6.45) is 0. The van der Waals surface area contributed by atoms with Gasteiger partial charge in [-0.3, -0.25) is 9.48 Å². The normalized spacial score (nSPS) is 16.0. The maximum Gasteiger partial charge on any atom is 0.272 e. The van der Waals surface area contributed by atoms with Gasteiger partial charge in [-0.05, 0) is 50.1 Å². The maximum atomic E-state index is 13.1. The van der Waals surface area contributed by atoms with Crippen LogP contribution in [0.2, 0.25) is 0 Å². The number of carbonyl (C=O) groups is 1. The number of fused-ring (bicyclic) bond motifs is 1. The molecule has 1 amide bonds. The minimum absolute atomic E-state index is 0.00836. The van der Waals surface area contributed by atoms with Gasteiger partial charge in [0.05, 0.1) is 23.4 Å². The number of hydrogen-bond donors (Lipinski definition) is 0. The van der Waals surface area contributed by atoms with Crippen LogP contribution in [-0.2, 0) is 6.54 Å². The van der Waals surface area contributed by atoms with Crippen molar-refractivity contribution in [3.8, 4) is 17.3 Å². The van der Waals surface area contributed by atoms with Crippen molar-refractivity contribution < 1.29 is 4.79 Å². The van der Waals surface area contributed by atoms with E-state index in [9.17, 15) is 4.79 Å². The third-order valence-corrected chi connectivity index (χ3v) is 5.26. The fraction of sp³-hybridized carbons (Fsp3) is 0.261. The van der Waals surface area contributed by atoms with Crippen molar-refractivity contribution in [1.82, 2.24) is 14.7 Å². The third kappa shape index (κ3) is 3.18. The summed E-state index contributed by atoms with van der Waals surface area (Å²) in [5.41, 5.74) is 6.54. The molecule has 4 rings (SSSR count). The van der Waals surface area contributed by atoms with Crippen LogP contribution in [-0.4, -0.2) is 27.1 Å². The number of rotatable bonds is 3. The second-order valence-corrected chi connectivity index (χ2v) is 7.52. The van der Waals surface area contributed by atoms with Gasteiger partial charge >= 0.3 is 0 Å². The first-order valence-corrected chi connectivity index (χ1v) is 9.42. The predicted molar refractivity (Wildman–Crippen MR) is 108 cm³/mol. The molecular formula is C23H22N4O. The number of nitrogens with zero attached hydrogens (tertiary/aromatic N) is 4. The van der Waals surface area contributed by atoms with E-state index < -0.39 is 0 Å². The molecule has 0 radical (unpaired) electrons. The van der Waals surface area contributed by atoms with Gasteiger partial charge in [0.25, 0.3) is 5.91 Å². The van der Waals surface area contributed by atoms with Crippen LogP contribution in [0.5, 0.6) is 0 Å². The van der Waals surface area contributed by atoms with Crippen LogP contribution in [0.15, 0.2) is 48.5 Å². The smallest absolute Gasteiger partial charge is 0.272 e. The zero-order valence-electron chi connectivity index (χ0n) is 16.3. The second kappa shape index (κ2) is 6.97. The first-order chi connectivity index (χ1) is 13.5. The molecule has 5 nitrogen and oxygen atoms in total. The van der Waals surface area contributed by atoms with Crippen molar-refractivity contribution in [2.75, 3.05) is 6.54 Å². The zero-order valence-corrected chi connectivity index (χ0v) is 16.3. The Bertz CT molecular complexity index is 1090. The number of carbonyl (C=O) groups excluding carboxylic acids is 1. The van der Waals surface area contributed by atoms with E-state index in [1.807, 2.05) is 27.8 Å². The van der Waals surface area contributed by atoms with Crippen LogP contribution in [0.1, 0.15) is 45.7 Å². The lowest BCUT2D eigenvalue weighted by Gasteiger charge is -2.31. The van der Waals surface area contributed by atoms with E-state index in [0.29, 0.717) is 24.3 Å². The SMILES string of the molecule is Cc1ccc(-c2cc3n(n2)C(C)CN(Cc2ccc(C#N)cc2)C3=O)c(C)c1. The summed E-state index contributed by atoms with van der Waals surface area (Å²) >= 11 is 0. The second-order valence-electron chi connectivity index (χ2n) is 7.52. The lowest BCUT2D eigenvalue weighted by Crippen LogP contribution is -2.41. The van der Waals surface area contributed by atoms with Gasteiger partial charge in [0.1, 0.15) is 5.69 Å². The fourth-order valence-corrected chi connectivity index (χ4v) is 3.81. The molecule has 2 heterocycles. The summed E-state index contributed by atoms with van der Waals surface area (Å²) in [5, 5.41) is 13.7. The van der Waals surface area contributed by atoms with E-state index in [2.05, 4.69) is 45.0 Å². The number of nitriles is 1. The molecule has 5 heteroatoms. The van der Waals surface area contributed by atoms with Crippen molar-refractivity contribution in [1.29, 1.82) is 5.26 Å². The zero-order chi connectivity index (χ0) is 19.8. The molecule has 2 aromatic carbocycles. The molecular weight excluding hydrogens is 348 g/mol. The van der Waals surface area contributed by atoms with Gasteiger partial charge in [0.15, 0.2) is 0 Å². The van der Waals surface area contributed by atoms with Crippen LogP contribution >= 0.6 is 0 Å². The first kappa shape index (κ1) is 18.0. The topological polar surface area (TPSA) is 61.9 Å². The van der Waals surface area contributed by atoms with Crippen molar-refractivity contribution in [2.45, 2.75) is 33.4 Å². The Morgan fingerprint density at radius 3 is 2.57 bits per heavy atom. The van der Waals surface area contributed by atoms with Crippen LogP contribution in [0.3, 0.4) is 0 Å². The molecule has 140 valence electrons. The highest BCUT2D eigenvalue weighted by atomic mass is 16.2. The Labute approximate surface area is 164 Å². The van der Waals surface area contributed by atoms with Crippen molar-refractivity contribution in [2.24, 2.45) is 0 Å². The molecule has 28 heavy (non-hydrogen) atoms. The summed E-state index contributed by atoms with van der Waals surface area (Å²) in [4.78, 5) is 14.9. The van der Waals surface area contributed by atoms with Gasteiger partial charge in [-0.2, -0.15) is 10.4 Å². The van der Waals surface area contributed by atoms with Crippen LogP contribution in [0.25, 0.3) is 11.3 Å². The Balaban J connectivity index is 1.63. The van der Waals surface area contributed by atoms with E-state index in [-0.39, 0.29) is 11.9 Å². The minimum Gasteiger partial charge on any atom is -0.331 e. The van der Waals surface area contributed by atoms with Gasteiger partial charge in [0.2, 0.25) is 0 Å². The molecule has 0 N–H and O–H groups in total. The molecule has 0 saturated carbocycles. The Morgan fingerprint density at radius 2 is 1.89 bits per heavy atom. The van der Waals surface area contributed by atoms with Crippen molar-refractivity contribution >= 4 is 5.91 Å². The Kier molecular flexibility index (Phi) is 4.48. The third-order valence-electron chi connectivity index (χ3n) is 5.26. The highest BCUT2D eigenvalue weighted by molar-refractivity contribution is 5.94.